The number of oxazole rings is 1. The summed E-state index contributed by atoms with van der Waals surface area (Å²) in [5.74, 6) is 1.33. The number of hydrogen-bond donors (Lipinski definition) is 2. The van der Waals surface area contributed by atoms with Crippen LogP contribution >= 0.6 is 0 Å². The van der Waals surface area contributed by atoms with Crippen LogP contribution in [-0.4, -0.2) is 52.7 Å². The monoisotopic (exact) mass is 439 g/mol. The minimum atomic E-state index is -0.473. The second kappa shape index (κ2) is 9.22. The molecule has 2 fully saturated rings. The van der Waals surface area contributed by atoms with Crippen LogP contribution in [0.15, 0.2) is 46.0 Å². The molecular formula is C24H33N5O3. The van der Waals surface area contributed by atoms with Gasteiger partial charge in [-0.1, -0.05) is 18.2 Å². The lowest BCUT2D eigenvalue weighted by atomic mass is 9.98. The van der Waals surface area contributed by atoms with Crippen LogP contribution in [0, 0.1) is 0 Å². The van der Waals surface area contributed by atoms with Crippen LogP contribution in [0.1, 0.15) is 52.1 Å². The van der Waals surface area contributed by atoms with Crippen molar-refractivity contribution in [2.24, 2.45) is 4.99 Å². The molecule has 0 aliphatic carbocycles. The van der Waals surface area contributed by atoms with E-state index in [1.165, 1.54) is 0 Å². The van der Waals surface area contributed by atoms with Crippen LogP contribution < -0.4 is 10.6 Å². The molecule has 2 N–H and O–H groups in total. The molecule has 32 heavy (non-hydrogen) atoms. The van der Waals surface area contributed by atoms with Crippen LogP contribution in [-0.2, 0) is 11.3 Å². The van der Waals surface area contributed by atoms with Crippen LogP contribution in [0.5, 0.6) is 0 Å². The normalized spacial score (nSPS) is 23.2. The molecule has 0 saturated carbocycles. The van der Waals surface area contributed by atoms with Gasteiger partial charge >= 0.3 is 6.09 Å². The van der Waals surface area contributed by atoms with Gasteiger partial charge in [0, 0.05) is 30.7 Å². The molecule has 3 heterocycles. The molecular weight excluding hydrogens is 406 g/mol. The number of nitrogens with zero attached hydrogens (tertiary/aromatic N) is 3. The van der Waals surface area contributed by atoms with E-state index in [4.69, 9.17) is 9.15 Å². The second-order valence-corrected chi connectivity index (χ2v) is 9.52. The number of ether oxygens (including phenoxy) is 1. The van der Waals surface area contributed by atoms with Crippen LogP contribution in [0.2, 0.25) is 0 Å². The van der Waals surface area contributed by atoms with Gasteiger partial charge in [0.15, 0.2) is 5.96 Å². The van der Waals surface area contributed by atoms with E-state index in [-0.39, 0.29) is 24.2 Å². The molecule has 1 aromatic heterocycles. The highest BCUT2D eigenvalue weighted by molar-refractivity contribution is 5.80. The van der Waals surface area contributed by atoms with Gasteiger partial charge in [0.2, 0.25) is 5.89 Å². The van der Waals surface area contributed by atoms with Gasteiger partial charge in [-0.15, -0.1) is 0 Å². The summed E-state index contributed by atoms with van der Waals surface area (Å²) >= 11 is 0. The number of fused-ring (bicyclic) bond motifs is 2. The number of nitrogens with one attached hydrogen (secondary N) is 2. The lowest BCUT2D eigenvalue weighted by molar-refractivity contribution is 0.00545. The van der Waals surface area contributed by atoms with E-state index in [9.17, 15) is 4.79 Å². The number of guanidine groups is 1. The zero-order chi connectivity index (χ0) is 22.7. The zero-order valence-electron chi connectivity index (χ0n) is 19.3. The maximum atomic E-state index is 12.7. The minimum Gasteiger partial charge on any atom is -0.444 e. The van der Waals surface area contributed by atoms with Crippen molar-refractivity contribution in [1.82, 2.24) is 20.5 Å². The summed E-state index contributed by atoms with van der Waals surface area (Å²) in [6, 6.07) is 10.5. The fourth-order valence-electron chi connectivity index (χ4n) is 4.57. The van der Waals surface area contributed by atoms with Crippen molar-refractivity contribution in [3.63, 3.8) is 0 Å². The fourth-order valence-corrected chi connectivity index (χ4v) is 4.57. The summed E-state index contributed by atoms with van der Waals surface area (Å²) in [7, 11) is 1.76. The first-order valence-electron chi connectivity index (χ1n) is 11.3. The molecule has 8 nitrogen and oxygen atoms in total. The van der Waals surface area contributed by atoms with Gasteiger partial charge in [-0.25, -0.2) is 9.78 Å². The standard InChI is InChI=1S/C24H33N5O3/c1-24(2,3)32-23(30)29-19-10-11-20(29)13-17(12-19)28-22(25-4)26-14-18-15-31-21(27-18)16-8-6-5-7-9-16/h5-9,15,17,19-20H,10-14H2,1-4H3,(H2,25,26,28). The van der Waals surface area contributed by atoms with Crippen molar-refractivity contribution in [2.75, 3.05) is 7.05 Å². The number of hydrogen-bond acceptors (Lipinski definition) is 5. The summed E-state index contributed by atoms with van der Waals surface area (Å²) < 4.78 is 11.2. The summed E-state index contributed by atoms with van der Waals surface area (Å²) in [4.78, 5) is 23.5. The number of aromatic nitrogens is 1. The first-order valence-corrected chi connectivity index (χ1v) is 11.3. The third-order valence-corrected chi connectivity index (χ3v) is 5.91. The molecule has 2 unspecified atom stereocenters. The zero-order valence-corrected chi connectivity index (χ0v) is 19.3. The topological polar surface area (TPSA) is 92.0 Å². The minimum absolute atomic E-state index is 0.189. The number of carbonyl (C=O) groups is 1. The average molecular weight is 440 g/mol. The second-order valence-electron chi connectivity index (χ2n) is 9.52. The van der Waals surface area contributed by atoms with Gasteiger partial charge in [0.25, 0.3) is 0 Å². The van der Waals surface area contributed by atoms with Gasteiger partial charge < -0.3 is 24.7 Å². The van der Waals surface area contributed by atoms with E-state index in [1.54, 1.807) is 13.3 Å². The Kier molecular flexibility index (Phi) is 6.39. The highest BCUT2D eigenvalue weighted by Crippen LogP contribution is 2.36. The third-order valence-electron chi connectivity index (χ3n) is 5.91. The Labute approximate surface area is 189 Å². The lowest BCUT2D eigenvalue weighted by Gasteiger charge is -2.40. The van der Waals surface area contributed by atoms with E-state index in [0.29, 0.717) is 12.4 Å². The summed E-state index contributed by atoms with van der Waals surface area (Å²) in [5.41, 5.74) is 1.29. The van der Waals surface area contributed by atoms with E-state index in [1.807, 2.05) is 56.0 Å². The molecule has 1 aromatic carbocycles. The van der Waals surface area contributed by atoms with Crippen molar-refractivity contribution in [1.29, 1.82) is 0 Å². The van der Waals surface area contributed by atoms with Crippen LogP contribution in [0.25, 0.3) is 11.5 Å². The molecule has 2 atom stereocenters. The van der Waals surface area contributed by atoms with Crippen LogP contribution in [0.4, 0.5) is 4.79 Å². The van der Waals surface area contributed by atoms with Crippen molar-refractivity contribution < 1.29 is 13.9 Å². The first-order chi connectivity index (χ1) is 15.3. The summed E-state index contributed by atoms with van der Waals surface area (Å²) in [6.07, 6.45) is 5.30. The molecule has 2 aliphatic heterocycles. The maximum absolute atomic E-state index is 12.7. The van der Waals surface area contributed by atoms with E-state index >= 15 is 0 Å². The number of rotatable bonds is 4. The maximum Gasteiger partial charge on any atom is 0.410 e. The third kappa shape index (κ3) is 5.23. The first kappa shape index (κ1) is 22.2. The number of piperidine rings is 1. The predicted molar refractivity (Wildman–Crippen MR) is 123 cm³/mol. The summed E-state index contributed by atoms with van der Waals surface area (Å²) in [6.45, 7) is 6.25. The Morgan fingerprint density at radius 3 is 2.53 bits per heavy atom. The molecule has 4 rings (SSSR count). The Hall–Kier alpha value is -3.03. The SMILES string of the molecule is CN=C(NCc1coc(-c2ccccc2)n1)NC1CC2CCC(C1)N2C(=O)OC(C)(C)C. The number of carbonyl (C=O) groups excluding carboxylic acids is 1. The van der Waals surface area contributed by atoms with Gasteiger partial charge in [-0.2, -0.15) is 0 Å². The largest absolute Gasteiger partial charge is 0.444 e. The predicted octanol–water partition coefficient (Wildman–Crippen LogP) is 3.94. The average Bonchev–Trinajstić information content (AvgIpc) is 3.33. The molecule has 0 radical (unpaired) electrons. The molecule has 2 saturated heterocycles. The summed E-state index contributed by atoms with van der Waals surface area (Å²) in [5, 5.41) is 6.85. The quantitative estimate of drug-likeness (QED) is 0.554. The smallest absolute Gasteiger partial charge is 0.410 e. The highest BCUT2D eigenvalue weighted by atomic mass is 16.6. The van der Waals surface area contributed by atoms with Crippen molar-refractivity contribution in [3.8, 4) is 11.5 Å². The molecule has 0 spiro atoms. The Morgan fingerprint density at radius 2 is 1.91 bits per heavy atom. The van der Waals surface area contributed by atoms with E-state index in [2.05, 4.69) is 20.6 Å². The molecule has 1 amide bonds. The Morgan fingerprint density at radius 1 is 1.22 bits per heavy atom. The molecule has 2 bridgehead atoms. The van der Waals surface area contributed by atoms with Crippen molar-refractivity contribution in [2.45, 2.75) is 76.7 Å². The molecule has 2 aromatic rings. The van der Waals surface area contributed by atoms with Crippen LogP contribution in [0.3, 0.4) is 0 Å². The molecule has 172 valence electrons. The van der Waals surface area contributed by atoms with Gasteiger partial charge in [0.1, 0.15) is 11.9 Å². The Balaban J connectivity index is 1.30. The molecule has 2 aliphatic rings. The highest BCUT2D eigenvalue weighted by Gasteiger charge is 2.45. The van der Waals surface area contributed by atoms with Crippen molar-refractivity contribution in [3.05, 3.63) is 42.3 Å². The van der Waals surface area contributed by atoms with Crippen molar-refractivity contribution >= 4 is 12.1 Å². The number of amides is 1. The van der Waals surface area contributed by atoms with E-state index in [0.717, 1.165) is 42.9 Å². The lowest BCUT2D eigenvalue weighted by Crippen LogP contribution is -2.54. The fraction of sp³-hybridized carbons (Fsp3) is 0.542. The number of benzene rings is 1. The number of aliphatic imine (C=N–C) groups is 1. The van der Waals surface area contributed by atoms with E-state index < -0.39 is 5.60 Å². The Bertz CT molecular complexity index is 936. The van der Waals surface area contributed by atoms with Gasteiger partial charge in [-0.3, -0.25) is 4.99 Å². The van der Waals surface area contributed by atoms with Gasteiger partial charge in [0.05, 0.1) is 12.2 Å². The van der Waals surface area contributed by atoms with Gasteiger partial charge in [-0.05, 0) is 58.6 Å². The molecule has 8 heteroatoms.